The van der Waals surface area contributed by atoms with Crippen molar-refractivity contribution in [3.8, 4) is 0 Å². The summed E-state index contributed by atoms with van der Waals surface area (Å²) in [4.78, 5) is 3.31. The van der Waals surface area contributed by atoms with E-state index in [0.29, 0.717) is 0 Å². The molecular weight excluding hydrogens is 197 g/mol. The van der Waals surface area contributed by atoms with Gasteiger partial charge in [-0.2, -0.15) is 12.8 Å². The minimum absolute atomic E-state index is 0.0608. The molecule has 5 nitrogen and oxygen atoms in total. The summed E-state index contributed by atoms with van der Waals surface area (Å²) in [6.45, 7) is 0. The quantitative estimate of drug-likeness (QED) is 0.687. The first kappa shape index (κ1) is 9.87. The van der Waals surface area contributed by atoms with Crippen LogP contribution in [0.3, 0.4) is 0 Å². The Hall–Kier alpha value is -1.21. The summed E-state index contributed by atoms with van der Waals surface area (Å²) in [6.07, 6.45) is 0. The maximum Gasteiger partial charge on any atom is 0.300 e. The van der Waals surface area contributed by atoms with Crippen LogP contribution < -0.4 is 9.44 Å². The van der Waals surface area contributed by atoms with Crippen LogP contribution in [0.4, 0.5) is 10.2 Å². The SMILES string of the molecule is CNS(=O)(=O)Nc1cccc(F)n1. The summed E-state index contributed by atoms with van der Waals surface area (Å²) >= 11 is 0. The average Bonchev–Trinajstić information content (AvgIpc) is 2.03. The van der Waals surface area contributed by atoms with Gasteiger partial charge < -0.3 is 0 Å². The first-order chi connectivity index (χ1) is 6.03. The molecule has 1 aromatic rings. The van der Waals surface area contributed by atoms with Gasteiger partial charge in [0, 0.05) is 7.05 Å². The van der Waals surface area contributed by atoms with E-state index in [1.54, 1.807) is 0 Å². The lowest BCUT2D eigenvalue weighted by Gasteiger charge is -2.04. The molecule has 0 amide bonds. The highest BCUT2D eigenvalue weighted by Gasteiger charge is 2.06. The first-order valence-electron chi connectivity index (χ1n) is 3.37. The van der Waals surface area contributed by atoms with Gasteiger partial charge in [0.1, 0.15) is 5.82 Å². The standard InChI is InChI=1S/C6H8FN3O2S/c1-8-13(11,12)10-6-4-2-3-5(7)9-6/h2-4,8H,1H3,(H,9,10). The fraction of sp³-hybridized carbons (Fsp3) is 0.167. The number of nitrogens with zero attached hydrogens (tertiary/aromatic N) is 1. The lowest BCUT2D eigenvalue weighted by atomic mass is 10.5. The van der Waals surface area contributed by atoms with E-state index in [4.69, 9.17) is 0 Å². The summed E-state index contributed by atoms with van der Waals surface area (Å²) in [5.74, 6) is -0.800. The van der Waals surface area contributed by atoms with Gasteiger partial charge in [0.25, 0.3) is 10.2 Å². The first-order valence-corrected chi connectivity index (χ1v) is 4.85. The van der Waals surface area contributed by atoms with Crippen molar-refractivity contribution in [1.82, 2.24) is 9.71 Å². The number of nitrogens with one attached hydrogen (secondary N) is 2. The van der Waals surface area contributed by atoms with Crippen molar-refractivity contribution in [2.75, 3.05) is 11.8 Å². The maximum absolute atomic E-state index is 12.5. The molecule has 0 saturated heterocycles. The molecule has 0 atom stereocenters. The minimum atomic E-state index is -3.62. The van der Waals surface area contributed by atoms with Gasteiger partial charge in [-0.1, -0.05) is 6.07 Å². The lowest BCUT2D eigenvalue weighted by Crippen LogP contribution is -2.26. The van der Waals surface area contributed by atoms with Crippen LogP contribution in [-0.4, -0.2) is 20.4 Å². The van der Waals surface area contributed by atoms with Crippen molar-refractivity contribution in [2.45, 2.75) is 0 Å². The number of rotatable bonds is 3. The predicted octanol–water partition coefficient (Wildman–Crippen LogP) is 0.0968. The molecule has 0 saturated carbocycles. The van der Waals surface area contributed by atoms with E-state index in [1.807, 2.05) is 9.44 Å². The Labute approximate surface area is 75.2 Å². The average molecular weight is 205 g/mol. The molecule has 0 spiro atoms. The van der Waals surface area contributed by atoms with Crippen molar-refractivity contribution in [3.05, 3.63) is 24.1 Å². The second-order valence-corrected chi connectivity index (χ2v) is 3.77. The number of hydrogen-bond donors (Lipinski definition) is 2. The molecule has 0 aromatic carbocycles. The van der Waals surface area contributed by atoms with Crippen LogP contribution in [0.5, 0.6) is 0 Å². The molecule has 0 unspecified atom stereocenters. The Morgan fingerprint density at radius 2 is 2.15 bits per heavy atom. The van der Waals surface area contributed by atoms with E-state index in [9.17, 15) is 12.8 Å². The maximum atomic E-state index is 12.5. The normalized spacial score (nSPS) is 11.2. The lowest BCUT2D eigenvalue weighted by molar-refractivity contribution is 0.583. The van der Waals surface area contributed by atoms with Gasteiger partial charge >= 0.3 is 0 Å². The van der Waals surface area contributed by atoms with Gasteiger partial charge in [0.05, 0.1) is 0 Å². The van der Waals surface area contributed by atoms with Crippen molar-refractivity contribution >= 4 is 16.0 Å². The molecule has 1 aromatic heterocycles. The zero-order chi connectivity index (χ0) is 9.90. The van der Waals surface area contributed by atoms with E-state index in [2.05, 4.69) is 4.98 Å². The molecular formula is C6H8FN3O2S. The fourth-order valence-electron chi connectivity index (χ4n) is 0.654. The third-order valence-electron chi connectivity index (χ3n) is 1.22. The molecule has 0 aliphatic heterocycles. The van der Waals surface area contributed by atoms with Crippen LogP contribution in [0.2, 0.25) is 0 Å². The molecule has 0 radical (unpaired) electrons. The minimum Gasteiger partial charge on any atom is -0.255 e. The largest absolute Gasteiger partial charge is 0.300 e. The van der Waals surface area contributed by atoms with Gasteiger partial charge in [0.15, 0.2) is 0 Å². The Morgan fingerprint density at radius 3 is 2.69 bits per heavy atom. The molecule has 0 fully saturated rings. The highest BCUT2D eigenvalue weighted by atomic mass is 32.2. The van der Waals surface area contributed by atoms with E-state index >= 15 is 0 Å². The van der Waals surface area contributed by atoms with E-state index < -0.39 is 16.2 Å². The molecule has 2 N–H and O–H groups in total. The second kappa shape index (κ2) is 3.67. The summed E-state index contributed by atoms with van der Waals surface area (Å²) < 4.78 is 38.3. The van der Waals surface area contributed by atoms with Gasteiger partial charge in [-0.05, 0) is 12.1 Å². The Bertz CT molecular complexity index is 393. The summed E-state index contributed by atoms with van der Waals surface area (Å²) in [5, 5.41) is 0. The molecule has 1 heterocycles. The van der Waals surface area contributed by atoms with Gasteiger partial charge in [-0.25, -0.2) is 9.71 Å². The van der Waals surface area contributed by atoms with Gasteiger partial charge in [0.2, 0.25) is 5.95 Å². The summed E-state index contributed by atoms with van der Waals surface area (Å²) in [5.41, 5.74) is 0. The number of pyridine rings is 1. The van der Waals surface area contributed by atoms with E-state index in [0.717, 1.165) is 6.07 Å². The number of aromatic nitrogens is 1. The Kier molecular flexibility index (Phi) is 2.79. The molecule has 0 aliphatic carbocycles. The molecule has 7 heteroatoms. The van der Waals surface area contributed by atoms with Crippen molar-refractivity contribution < 1.29 is 12.8 Å². The van der Waals surface area contributed by atoms with Crippen LogP contribution in [-0.2, 0) is 10.2 Å². The summed E-state index contributed by atoms with van der Waals surface area (Å²) in [7, 11) is -2.38. The monoisotopic (exact) mass is 205 g/mol. The molecule has 72 valence electrons. The smallest absolute Gasteiger partial charge is 0.255 e. The number of hydrogen-bond acceptors (Lipinski definition) is 3. The third kappa shape index (κ3) is 2.96. The van der Waals surface area contributed by atoms with Gasteiger partial charge in [-0.15, -0.1) is 0 Å². The summed E-state index contributed by atoms with van der Waals surface area (Å²) in [6, 6.07) is 3.82. The highest BCUT2D eigenvalue weighted by molar-refractivity contribution is 7.90. The fourth-order valence-corrected chi connectivity index (χ4v) is 1.14. The topological polar surface area (TPSA) is 71.1 Å². The van der Waals surface area contributed by atoms with Crippen LogP contribution in [0.1, 0.15) is 0 Å². The van der Waals surface area contributed by atoms with Crippen LogP contribution >= 0.6 is 0 Å². The molecule has 13 heavy (non-hydrogen) atoms. The van der Waals surface area contributed by atoms with Crippen LogP contribution in [0.25, 0.3) is 0 Å². The third-order valence-corrected chi connectivity index (χ3v) is 2.24. The van der Waals surface area contributed by atoms with Crippen molar-refractivity contribution in [1.29, 1.82) is 0 Å². The Morgan fingerprint density at radius 1 is 1.46 bits per heavy atom. The van der Waals surface area contributed by atoms with E-state index in [1.165, 1.54) is 19.2 Å². The van der Waals surface area contributed by atoms with Crippen LogP contribution in [0.15, 0.2) is 18.2 Å². The van der Waals surface area contributed by atoms with E-state index in [-0.39, 0.29) is 5.82 Å². The zero-order valence-corrected chi connectivity index (χ0v) is 7.60. The molecule has 0 bridgehead atoms. The predicted molar refractivity (Wildman–Crippen MR) is 45.8 cm³/mol. The zero-order valence-electron chi connectivity index (χ0n) is 6.78. The molecule has 1 rings (SSSR count). The number of anilines is 1. The number of halogens is 1. The molecule has 0 aliphatic rings. The Balaban J connectivity index is 2.87. The highest BCUT2D eigenvalue weighted by Crippen LogP contribution is 2.04. The van der Waals surface area contributed by atoms with Crippen molar-refractivity contribution in [2.24, 2.45) is 0 Å². The van der Waals surface area contributed by atoms with Gasteiger partial charge in [-0.3, -0.25) is 4.72 Å². The van der Waals surface area contributed by atoms with Crippen molar-refractivity contribution in [3.63, 3.8) is 0 Å². The second-order valence-electron chi connectivity index (χ2n) is 2.16. The van der Waals surface area contributed by atoms with Crippen LogP contribution in [0, 0.1) is 5.95 Å².